The number of aryl methyl sites for hydroxylation is 1. The summed E-state index contributed by atoms with van der Waals surface area (Å²) in [5, 5.41) is 0.910. The average molecular weight is 361 g/mol. The van der Waals surface area contributed by atoms with Crippen molar-refractivity contribution in [2.24, 2.45) is 5.73 Å². The summed E-state index contributed by atoms with van der Waals surface area (Å²) in [6.07, 6.45) is 7.21. The zero-order chi connectivity index (χ0) is 17.4. The van der Waals surface area contributed by atoms with E-state index in [-0.39, 0.29) is 24.0 Å². The second kappa shape index (κ2) is 6.88. The van der Waals surface area contributed by atoms with Crippen LogP contribution in [0.2, 0.25) is 0 Å². The third-order valence-electron chi connectivity index (χ3n) is 5.14. The van der Waals surface area contributed by atoms with Crippen molar-refractivity contribution in [2.45, 2.75) is 63.5 Å². The zero-order valence-electron chi connectivity index (χ0n) is 14.4. The van der Waals surface area contributed by atoms with Crippen molar-refractivity contribution >= 4 is 27.5 Å². The first-order chi connectivity index (χ1) is 12.2. The molecular formula is C18H23N3O3S. The Kier molecular flexibility index (Phi) is 4.60. The molecule has 1 unspecified atom stereocenters. The lowest BCUT2D eigenvalue weighted by Crippen LogP contribution is -2.31. The van der Waals surface area contributed by atoms with E-state index in [9.17, 15) is 4.79 Å². The first-order valence-electron chi connectivity index (χ1n) is 9.02. The normalized spacial score (nSPS) is 25.8. The Hall–Kier alpha value is -1.73. The number of rotatable bonds is 4. The fourth-order valence-corrected chi connectivity index (χ4v) is 5.09. The monoisotopic (exact) mass is 361 g/mol. The van der Waals surface area contributed by atoms with E-state index in [0.717, 1.165) is 54.3 Å². The van der Waals surface area contributed by atoms with Crippen molar-refractivity contribution in [2.75, 3.05) is 6.61 Å². The Bertz CT molecular complexity index is 783. The molecule has 0 amide bonds. The predicted molar refractivity (Wildman–Crippen MR) is 96.0 cm³/mol. The minimum Gasteiger partial charge on any atom is -0.474 e. The molecule has 0 aliphatic heterocycles. The molecule has 0 spiro atoms. The van der Waals surface area contributed by atoms with Crippen LogP contribution in [0.5, 0.6) is 5.88 Å². The molecule has 2 aromatic rings. The van der Waals surface area contributed by atoms with Gasteiger partial charge in [-0.05, 0) is 51.0 Å². The summed E-state index contributed by atoms with van der Waals surface area (Å²) in [5.41, 5.74) is 7.02. The van der Waals surface area contributed by atoms with Crippen LogP contribution in [0, 0.1) is 0 Å². The van der Waals surface area contributed by atoms with Crippen molar-refractivity contribution in [3.63, 3.8) is 0 Å². The first kappa shape index (κ1) is 16.7. The SMILES string of the molecule is CCOC(=O)C1CCc2sc3ncnc(OC4CCC(N)CC4)c3c21. The maximum absolute atomic E-state index is 12.4. The number of hydrogen-bond acceptors (Lipinski definition) is 7. The highest BCUT2D eigenvalue weighted by molar-refractivity contribution is 7.19. The molecule has 4 rings (SSSR count). The maximum atomic E-state index is 12.4. The lowest BCUT2D eigenvalue weighted by Gasteiger charge is -2.26. The highest BCUT2D eigenvalue weighted by Gasteiger charge is 2.36. The largest absolute Gasteiger partial charge is 0.474 e. The number of ether oxygens (including phenoxy) is 2. The second-order valence-corrected chi connectivity index (χ2v) is 7.88. The van der Waals surface area contributed by atoms with Crippen LogP contribution in [0.25, 0.3) is 10.2 Å². The average Bonchev–Trinajstić information content (AvgIpc) is 3.16. The quantitative estimate of drug-likeness (QED) is 0.843. The Morgan fingerprint density at radius 3 is 2.84 bits per heavy atom. The van der Waals surface area contributed by atoms with Gasteiger partial charge in [-0.1, -0.05) is 0 Å². The Balaban J connectivity index is 1.68. The van der Waals surface area contributed by atoms with Crippen LogP contribution < -0.4 is 10.5 Å². The van der Waals surface area contributed by atoms with E-state index >= 15 is 0 Å². The van der Waals surface area contributed by atoms with Crippen LogP contribution in [0.4, 0.5) is 0 Å². The minimum atomic E-state index is -0.225. The highest BCUT2D eigenvalue weighted by atomic mass is 32.1. The standard InChI is InChI=1S/C18H23N3O3S/c1-2-23-18(22)12-7-8-13-14(12)15-16(20-9-21-17(15)25-13)24-11-5-3-10(19)4-6-11/h9-12H,2-8,19H2,1H3. The van der Waals surface area contributed by atoms with E-state index in [4.69, 9.17) is 15.2 Å². The van der Waals surface area contributed by atoms with Crippen LogP contribution in [-0.4, -0.2) is 34.7 Å². The van der Waals surface area contributed by atoms with Gasteiger partial charge in [0.1, 0.15) is 17.3 Å². The summed E-state index contributed by atoms with van der Waals surface area (Å²) in [5.74, 6) is 0.232. The molecule has 2 aliphatic rings. The van der Waals surface area contributed by atoms with E-state index in [1.165, 1.54) is 4.88 Å². The van der Waals surface area contributed by atoms with Crippen LogP contribution in [0.3, 0.4) is 0 Å². The summed E-state index contributed by atoms with van der Waals surface area (Å²) in [7, 11) is 0. The van der Waals surface area contributed by atoms with Crippen LogP contribution in [0.1, 0.15) is 55.4 Å². The number of nitrogens with two attached hydrogens (primary N) is 1. The molecule has 0 aromatic carbocycles. The zero-order valence-corrected chi connectivity index (χ0v) is 15.2. The van der Waals surface area contributed by atoms with E-state index in [1.54, 1.807) is 17.7 Å². The van der Waals surface area contributed by atoms with Gasteiger partial charge < -0.3 is 15.2 Å². The van der Waals surface area contributed by atoms with E-state index in [2.05, 4.69) is 9.97 Å². The molecular weight excluding hydrogens is 338 g/mol. The molecule has 134 valence electrons. The highest BCUT2D eigenvalue weighted by Crippen LogP contribution is 2.46. The molecule has 6 nitrogen and oxygen atoms in total. The van der Waals surface area contributed by atoms with Crippen molar-refractivity contribution in [1.82, 2.24) is 9.97 Å². The molecule has 2 aromatic heterocycles. The first-order valence-corrected chi connectivity index (χ1v) is 9.84. The Morgan fingerprint density at radius 2 is 2.08 bits per heavy atom. The van der Waals surface area contributed by atoms with Gasteiger partial charge in [0.2, 0.25) is 5.88 Å². The van der Waals surface area contributed by atoms with Gasteiger partial charge in [0, 0.05) is 10.9 Å². The predicted octanol–water partition coefficient (Wildman–Crippen LogP) is 2.93. The van der Waals surface area contributed by atoms with Gasteiger partial charge in [-0.3, -0.25) is 4.79 Å². The Morgan fingerprint density at radius 1 is 1.28 bits per heavy atom. The van der Waals surface area contributed by atoms with Gasteiger partial charge in [-0.2, -0.15) is 0 Å². The molecule has 2 N–H and O–H groups in total. The minimum absolute atomic E-state index is 0.135. The van der Waals surface area contributed by atoms with E-state index in [0.29, 0.717) is 12.5 Å². The fourth-order valence-electron chi connectivity index (χ4n) is 3.88. The molecule has 1 saturated carbocycles. The van der Waals surface area contributed by atoms with Gasteiger partial charge >= 0.3 is 5.97 Å². The van der Waals surface area contributed by atoms with Crippen LogP contribution in [0.15, 0.2) is 6.33 Å². The smallest absolute Gasteiger partial charge is 0.313 e. The summed E-state index contributed by atoms with van der Waals surface area (Å²) in [6.45, 7) is 2.24. The van der Waals surface area contributed by atoms with Gasteiger partial charge in [-0.25, -0.2) is 9.97 Å². The summed E-state index contributed by atoms with van der Waals surface area (Å²) in [6, 6.07) is 0.281. The number of carbonyl (C=O) groups is 1. The van der Waals surface area contributed by atoms with Crippen molar-refractivity contribution in [1.29, 1.82) is 0 Å². The number of thiophene rings is 1. The topological polar surface area (TPSA) is 87.3 Å². The summed E-state index contributed by atoms with van der Waals surface area (Å²) >= 11 is 1.64. The molecule has 7 heteroatoms. The number of esters is 1. The number of hydrogen-bond donors (Lipinski definition) is 1. The fraction of sp³-hybridized carbons (Fsp3) is 0.611. The van der Waals surface area contributed by atoms with Crippen molar-refractivity contribution in [3.05, 3.63) is 16.8 Å². The van der Waals surface area contributed by atoms with E-state index in [1.807, 2.05) is 6.92 Å². The molecule has 1 fully saturated rings. The maximum Gasteiger partial charge on any atom is 0.313 e. The van der Waals surface area contributed by atoms with Gasteiger partial charge in [-0.15, -0.1) is 11.3 Å². The van der Waals surface area contributed by atoms with Crippen LogP contribution in [-0.2, 0) is 16.0 Å². The van der Waals surface area contributed by atoms with Crippen molar-refractivity contribution in [3.8, 4) is 5.88 Å². The lowest BCUT2D eigenvalue weighted by atomic mass is 9.94. The lowest BCUT2D eigenvalue weighted by molar-refractivity contribution is -0.144. The number of carbonyl (C=O) groups excluding carboxylic acids is 1. The molecule has 25 heavy (non-hydrogen) atoms. The molecule has 0 radical (unpaired) electrons. The molecule has 2 heterocycles. The van der Waals surface area contributed by atoms with Gasteiger partial charge in [0.05, 0.1) is 17.9 Å². The second-order valence-electron chi connectivity index (χ2n) is 6.80. The molecule has 1 atom stereocenters. The summed E-state index contributed by atoms with van der Waals surface area (Å²) in [4.78, 5) is 23.3. The number of fused-ring (bicyclic) bond motifs is 3. The molecule has 0 bridgehead atoms. The number of aromatic nitrogens is 2. The molecule has 0 saturated heterocycles. The van der Waals surface area contributed by atoms with Crippen molar-refractivity contribution < 1.29 is 14.3 Å². The Labute approximate surface area is 150 Å². The van der Waals surface area contributed by atoms with Gasteiger partial charge in [0.25, 0.3) is 0 Å². The number of nitrogens with zero attached hydrogens (tertiary/aromatic N) is 2. The van der Waals surface area contributed by atoms with Crippen LogP contribution >= 0.6 is 11.3 Å². The van der Waals surface area contributed by atoms with E-state index < -0.39 is 0 Å². The summed E-state index contributed by atoms with van der Waals surface area (Å²) < 4.78 is 11.5. The molecule has 2 aliphatic carbocycles. The third-order valence-corrected chi connectivity index (χ3v) is 6.32. The third kappa shape index (κ3) is 3.11. The van der Waals surface area contributed by atoms with Gasteiger partial charge in [0.15, 0.2) is 0 Å².